The summed E-state index contributed by atoms with van der Waals surface area (Å²) >= 11 is 0. The second kappa shape index (κ2) is 7.02. The Labute approximate surface area is 165 Å². The molecule has 3 rings (SSSR count). The normalized spacial score (nSPS) is 14.9. The maximum absolute atomic E-state index is 13.9. The summed E-state index contributed by atoms with van der Waals surface area (Å²) in [7, 11) is 0. The fourth-order valence-electron chi connectivity index (χ4n) is 3.80. The van der Waals surface area contributed by atoms with Crippen LogP contribution in [0.15, 0.2) is 36.7 Å². The summed E-state index contributed by atoms with van der Waals surface area (Å²) in [6.45, 7) is 4.65. The number of halogens is 4. The molecule has 4 nitrogen and oxygen atoms in total. The maximum atomic E-state index is 13.9. The van der Waals surface area contributed by atoms with Crippen molar-refractivity contribution < 1.29 is 27.8 Å². The SMILES string of the molecule is Cc1cncc2[nH]c(CC(O)(CC(C)(C)c3cc(F)ccc3O)C(F)(F)F)cc12. The van der Waals surface area contributed by atoms with E-state index in [0.29, 0.717) is 5.52 Å². The van der Waals surface area contributed by atoms with Gasteiger partial charge in [0.15, 0.2) is 5.60 Å². The highest BCUT2D eigenvalue weighted by Crippen LogP contribution is 2.45. The Morgan fingerprint density at radius 3 is 2.41 bits per heavy atom. The number of pyridine rings is 1. The number of aryl methyl sites for hydroxylation is 1. The number of phenols is 1. The Balaban J connectivity index is 2.00. The van der Waals surface area contributed by atoms with Crippen molar-refractivity contribution in [1.29, 1.82) is 0 Å². The molecular weight excluding hydrogens is 388 g/mol. The minimum atomic E-state index is -4.95. The molecule has 1 atom stereocenters. The molecule has 1 aromatic carbocycles. The lowest BCUT2D eigenvalue weighted by Crippen LogP contribution is -2.50. The molecule has 29 heavy (non-hydrogen) atoms. The number of aromatic amines is 1. The van der Waals surface area contributed by atoms with E-state index in [0.717, 1.165) is 29.1 Å². The van der Waals surface area contributed by atoms with Crippen LogP contribution in [0.5, 0.6) is 5.75 Å². The standard InChI is InChI=1S/C21H22F4N2O2/c1-12-9-26-10-17-15(12)7-14(27-17)8-20(29,21(23,24)25)11-19(2,3)16-6-13(22)4-5-18(16)28/h4-7,9-10,27-29H,8,11H2,1-3H3. The first-order valence-corrected chi connectivity index (χ1v) is 9.03. The number of alkyl halides is 3. The van der Waals surface area contributed by atoms with Gasteiger partial charge < -0.3 is 15.2 Å². The molecule has 0 fully saturated rings. The van der Waals surface area contributed by atoms with Crippen LogP contribution in [0.4, 0.5) is 17.6 Å². The van der Waals surface area contributed by atoms with Gasteiger partial charge in [-0.05, 0) is 48.6 Å². The van der Waals surface area contributed by atoms with Crippen LogP contribution >= 0.6 is 0 Å². The summed E-state index contributed by atoms with van der Waals surface area (Å²) in [6.07, 6.45) is -3.33. The average Bonchev–Trinajstić information content (AvgIpc) is 2.99. The van der Waals surface area contributed by atoms with Gasteiger partial charge in [0.05, 0.1) is 11.7 Å². The molecule has 0 saturated heterocycles. The molecule has 0 bridgehead atoms. The molecule has 0 spiro atoms. The van der Waals surface area contributed by atoms with Crippen LogP contribution in [-0.2, 0) is 11.8 Å². The van der Waals surface area contributed by atoms with E-state index in [1.807, 2.05) is 0 Å². The lowest BCUT2D eigenvalue weighted by atomic mass is 9.73. The molecule has 0 aliphatic carbocycles. The van der Waals surface area contributed by atoms with Crippen LogP contribution < -0.4 is 0 Å². The summed E-state index contributed by atoms with van der Waals surface area (Å²) in [5, 5.41) is 21.5. The second-order valence-electron chi connectivity index (χ2n) is 8.14. The van der Waals surface area contributed by atoms with Gasteiger partial charge in [0.25, 0.3) is 0 Å². The Morgan fingerprint density at radius 2 is 1.79 bits per heavy atom. The number of benzene rings is 1. The minimum absolute atomic E-state index is 0.00290. The van der Waals surface area contributed by atoms with Gasteiger partial charge in [0.1, 0.15) is 11.6 Å². The van der Waals surface area contributed by atoms with Crippen molar-refractivity contribution in [2.45, 2.75) is 50.8 Å². The first-order chi connectivity index (χ1) is 13.3. The van der Waals surface area contributed by atoms with Crippen molar-refractivity contribution in [3.8, 4) is 5.75 Å². The van der Waals surface area contributed by atoms with Gasteiger partial charge in [-0.15, -0.1) is 0 Å². The molecule has 0 aliphatic rings. The van der Waals surface area contributed by atoms with Gasteiger partial charge >= 0.3 is 6.18 Å². The van der Waals surface area contributed by atoms with Crippen LogP contribution in [0.2, 0.25) is 0 Å². The maximum Gasteiger partial charge on any atom is 0.417 e. The Hall–Kier alpha value is -2.61. The molecular formula is C21H22F4N2O2. The molecule has 0 saturated carbocycles. The van der Waals surface area contributed by atoms with E-state index < -0.39 is 35.9 Å². The third-order valence-electron chi connectivity index (χ3n) is 5.23. The van der Waals surface area contributed by atoms with Gasteiger partial charge in [-0.1, -0.05) is 13.8 Å². The van der Waals surface area contributed by atoms with Gasteiger partial charge in [-0.3, -0.25) is 4.98 Å². The molecule has 8 heteroatoms. The Kier molecular flexibility index (Phi) is 5.11. The van der Waals surface area contributed by atoms with Crippen LogP contribution in [0.25, 0.3) is 10.9 Å². The van der Waals surface area contributed by atoms with E-state index in [1.165, 1.54) is 20.0 Å². The number of H-pyrrole nitrogens is 1. The number of aromatic hydroxyl groups is 1. The topological polar surface area (TPSA) is 69.1 Å². The summed E-state index contributed by atoms with van der Waals surface area (Å²) in [4.78, 5) is 6.89. The van der Waals surface area contributed by atoms with E-state index in [2.05, 4.69) is 9.97 Å². The van der Waals surface area contributed by atoms with E-state index in [1.54, 1.807) is 19.2 Å². The lowest BCUT2D eigenvalue weighted by Gasteiger charge is -2.38. The van der Waals surface area contributed by atoms with Crippen molar-refractivity contribution in [2.24, 2.45) is 0 Å². The molecule has 3 aromatic rings. The number of hydrogen-bond donors (Lipinski definition) is 3. The van der Waals surface area contributed by atoms with E-state index >= 15 is 0 Å². The number of nitrogens with zero attached hydrogens (tertiary/aromatic N) is 1. The molecule has 3 N–H and O–H groups in total. The highest BCUT2D eigenvalue weighted by Gasteiger charge is 2.56. The van der Waals surface area contributed by atoms with Gasteiger partial charge in [0.2, 0.25) is 0 Å². The fraction of sp³-hybridized carbons (Fsp3) is 0.381. The molecule has 0 amide bonds. The predicted molar refractivity (Wildman–Crippen MR) is 101 cm³/mol. The largest absolute Gasteiger partial charge is 0.508 e. The number of nitrogens with one attached hydrogen (secondary N) is 1. The monoisotopic (exact) mass is 410 g/mol. The summed E-state index contributed by atoms with van der Waals surface area (Å²) in [6, 6.07) is 4.66. The van der Waals surface area contributed by atoms with Crippen LogP contribution in [0.3, 0.4) is 0 Å². The zero-order valence-electron chi connectivity index (χ0n) is 16.2. The smallest absolute Gasteiger partial charge is 0.417 e. The lowest BCUT2D eigenvalue weighted by molar-refractivity contribution is -0.266. The van der Waals surface area contributed by atoms with Gasteiger partial charge in [-0.2, -0.15) is 13.2 Å². The van der Waals surface area contributed by atoms with Crippen molar-refractivity contribution in [3.05, 3.63) is 59.3 Å². The van der Waals surface area contributed by atoms with Crippen molar-refractivity contribution in [1.82, 2.24) is 9.97 Å². The van der Waals surface area contributed by atoms with Crippen molar-refractivity contribution in [3.63, 3.8) is 0 Å². The summed E-state index contributed by atoms with van der Waals surface area (Å²) in [5.41, 5.74) is -2.89. The molecule has 0 radical (unpaired) electrons. The Morgan fingerprint density at radius 1 is 1.10 bits per heavy atom. The number of aliphatic hydroxyl groups is 1. The quantitative estimate of drug-likeness (QED) is 0.523. The second-order valence-corrected chi connectivity index (χ2v) is 8.14. The third kappa shape index (κ3) is 4.07. The fourth-order valence-corrected chi connectivity index (χ4v) is 3.80. The molecule has 0 aliphatic heterocycles. The molecule has 156 valence electrons. The molecule has 2 heterocycles. The number of phenolic OH excluding ortho intramolecular Hbond substituents is 1. The van der Waals surface area contributed by atoms with E-state index in [-0.39, 0.29) is 17.0 Å². The zero-order chi connectivity index (χ0) is 21.6. The number of hydrogen-bond acceptors (Lipinski definition) is 3. The van der Waals surface area contributed by atoms with Gasteiger partial charge in [-0.25, -0.2) is 4.39 Å². The van der Waals surface area contributed by atoms with Crippen LogP contribution in [-0.4, -0.2) is 32.0 Å². The van der Waals surface area contributed by atoms with Crippen molar-refractivity contribution in [2.75, 3.05) is 0 Å². The number of aromatic nitrogens is 2. The highest BCUT2D eigenvalue weighted by molar-refractivity contribution is 5.82. The average molecular weight is 410 g/mol. The van der Waals surface area contributed by atoms with E-state index in [9.17, 15) is 27.8 Å². The number of rotatable bonds is 5. The third-order valence-corrected chi connectivity index (χ3v) is 5.23. The zero-order valence-corrected chi connectivity index (χ0v) is 16.2. The summed E-state index contributed by atoms with van der Waals surface area (Å²) < 4.78 is 55.5. The number of fused-ring (bicyclic) bond motifs is 1. The minimum Gasteiger partial charge on any atom is -0.508 e. The first-order valence-electron chi connectivity index (χ1n) is 9.03. The van der Waals surface area contributed by atoms with Crippen molar-refractivity contribution >= 4 is 10.9 Å². The summed E-state index contributed by atoms with van der Waals surface area (Å²) in [5.74, 6) is -1.01. The first kappa shape index (κ1) is 21.1. The molecule has 2 aromatic heterocycles. The highest BCUT2D eigenvalue weighted by atomic mass is 19.4. The van der Waals surface area contributed by atoms with Crippen LogP contribution in [0.1, 0.15) is 37.1 Å². The molecule has 1 unspecified atom stereocenters. The predicted octanol–water partition coefficient (Wildman–Crippen LogP) is 4.92. The van der Waals surface area contributed by atoms with Gasteiger partial charge in [0, 0.05) is 29.3 Å². The Bertz CT molecular complexity index is 1040. The van der Waals surface area contributed by atoms with Crippen LogP contribution in [0, 0.1) is 12.7 Å². The van der Waals surface area contributed by atoms with E-state index in [4.69, 9.17) is 0 Å².